The summed E-state index contributed by atoms with van der Waals surface area (Å²) in [5, 5.41) is 14.6. The Morgan fingerprint density at radius 1 is 1.31 bits per heavy atom. The summed E-state index contributed by atoms with van der Waals surface area (Å²) < 4.78 is 13.0. The largest absolute Gasteiger partial charge is 0.490 e. The summed E-state index contributed by atoms with van der Waals surface area (Å²) in [6, 6.07) is 4.99. The third-order valence-electron chi connectivity index (χ3n) is 4.02. The molecule has 1 amide bonds. The summed E-state index contributed by atoms with van der Waals surface area (Å²) in [5.74, 6) is 1.17. The van der Waals surface area contributed by atoms with Gasteiger partial charge in [-0.2, -0.15) is 4.68 Å². The van der Waals surface area contributed by atoms with Crippen LogP contribution in [-0.4, -0.2) is 39.3 Å². The van der Waals surface area contributed by atoms with Crippen molar-refractivity contribution in [2.75, 3.05) is 18.5 Å². The van der Waals surface area contributed by atoms with Crippen LogP contribution in [0.15, 0.2) is 29.5 Å². The van der Waals surface area contributed by atoms with E-state index in [2.05, 4.69) is 20.8 Å². The molecule has 9 nitrogen and oxygen atoms in total. The van der Waals surface area contributed by atoms with E-state index in [0.717, 1.165) is 12.0 Å². The number of hydrogen-bond acceptors (Lipinski definition) is 7. The number of fused-ring (bicyclic) bond motifs is 1. The first-order valence-corrected chi connectivity index (χ1v) is 8.51. The summed E-state index contributed by atoms with van der Waals surface area (Å²) in [5.41, 5.74) is 7.42. The minimum absolute atomic E-state index is 0.398. The maximum Gasteiger partial charge on any atom is 0.248 e. The lowest BCUT2D eigenvalue weighted by molar-refractivity contribution is -0.115. The van der Waals surface area contributed by atoms with E-state index in [9.17, 15) is 4.79 Å². The van der Waals surface area contributed by atoms with Crippen molar-refractivity contribution in [3.63, 3.8) is 0 Å². The van der Waals surface area contributed by atoms with Gasteiger partial charge in [0.05, 0.1) is 18.8 Å². The minimum atomic E-state index is -0.543. The number of nitrogens with two attached hydrogens (primary N) is 1. The highest BCUT2D eigenvalue weighted by Crippen LogP contribution is 2.38. The molecular formula is C17H22N6O3. The summed E-state index contributed by atoms with van der Waals surface area (Å²) >= 11 is 0. The van der Waals surface area contributed by atoms with E-state index in [-0.39, 0.29) is 0 Å². The zero-order valence-electron chi connectivity index (χ0n) is 15.0. The molecule has 1 atom stereocenters. The number of aromatic nitrogens is 4. The number of benzene rings is 1. The van der Waals surface area contributed by atoms with Gasteiger partial charge in [-0.3, -0.25) is 4.79 Å². The van der Waals surface area contributed by atoms with E-state index in [1.807, 2.05) is 32.0 Å². The van der Waals surface area contributed by atoms with Crippen LogP contribution < -0.4 is 20.5 Å². The lowest BCUT2D eigenvalue weighted by Crippen LogP contribution is -2.31. The van der Waals surface area contributed by atoms with E-state index in [4.69, 9.17) is 15.2 Å². The molecule has 0 spiro atoms. The maximum absolute atomic E-state index is 12.1. The Morgan fingerprint density at radius 2 is 2.12 bits per heavy atom. The van der Waals surface area contributed by atoms with Gasteiger partial charge in [-0.15, -0.1) is 0 Å². The smallest absolute Gasteiger partial charge is 0.248 e. The maximum atomic E-state index is 12.1. The highest BCUT2D eigenvalue weighted by Gasteiger charge is 2.33. The van der Waals surface area contributed by atoms with E-state index in [0.29, 0.717) is 41.9 Å². The first-order valence-electron chi connectivity index (χ1n) is 8.51. The molecule has 1 aromatic carbocycles. The zero-order chi connectivity index (χ0) is 18.7. The number of nitrogens with zero attached hydrogens (tertiary/aromatic N) is 4. The molecule has 9 heteroatoms. The van der Waals surface area contributed by atoms with Crippen LogP contribution in [0.4, 0.5) is 5.95 Å². The number of carbonyl (C=O) groups is 1. The van der Waals surface area contributed by atoms with Crippen LogP contribution in [0.2, 0.25) is 0 Å². The second-order valence-corrected chi connectivity index (χ2v) is 5.87. The second kappa shape index (κ2) is 7.42. The molecule has 0 saturated heterocycles. The lowest BCUT2D eigenvalue weighted by Gasteiger charge is -2.27. The van der Waals surface area contributed by atoms with Crippen LogP contribution in [0, 0.1) is 0 Å². The fourth-order valence-electron chi connectivity index (χ4n) is 2.93. The van der Waals surface area contributed by atoms with E-state index in [1.165, 1.54) is 4.68 Å². The van der Waals surface area contributed by atoms with Crippen LogP contribution in [-0.2, 0) is 4.79 Å². The molecule has 0 saturated carbocycles. The molecule has 138 valence electrons. The average molecular weight is 358 g/mol. The number of allylic oxidation sites excluding steroid dienone is 1. The molecule has 0 aliphatic carbocycles. The Bertz CT molecular complexity index is 845. The van der Waals surface area contributed by atoms with Gasteiger partial charge in [-0.05, 0) is 48.4 Å². The number of tetrazole rings is 1. The van der Waals surface area contributed by atoms with E-state index < -0.39 is 11.9 Å². The molecule has 1 aliphatic rings. The van der Waals surface area contributed by atoms with Gasteiger partial charge in [0, 0.05) is 5.70 Å². The number of rotatable bonds is 7. The Kier molecular flexibility index (Phi) is 5.06. The molecule has 0 bridgehead atoms. The highest BCUT2D eigenvalue weighted by molar-refractivity contribution is 5.95. The number of hydrogen-bond donors (Lipinski definition) is 2. The molecule has 26 heavy (non-hydrogen) atoms. The van der Waals surface area contributed by atoms with Gasteiger partial charge in [-0.1, -0.05) is 18.1 Å². The highest BCUT2D eigenvalue weighted by atomic mass is 16.5. The standard InChI is InChI=1S/C17H22N6O3/c1-4-8-26-12-7-6-11(9-13(12)25-5-2)15-14(16(18)24)10(3)19-17-20-21-22-23(15)17/h6-7,9,15H,4-5,8H2,1-3H3,(H2,18,24)(H,19,20,22). The third-order valence-corrected chi connectivity index (χ3v) is 4.02. The number of carbonyl (C=O) groups excluding carboxylic acids is 1. The van der Waals surface area contributed by atoms with Crippen molar-refractivity contribution >= 4 is 11.9 Å². The number of amides is 1. The molecule has 0 fully saturated rings. The van der Waals surface area contributed by atoms with Crippen LogP contribution in [0.3, 0.4) is 0 Å². The first kappa shape index (κ1) is 17.7. The van der Waals surface area contributed by atoms with Crippen molar-refractivity contribution in [2.24, 2.45) is 5.73 Å². The van der Waals surface area contributed by atoms with Crippen molar-refractivity contribution < 1.29 is 14.3 Å². The predicted octanol–water partition coefficient (Wildman–Crippen LogP) is 1.63. The fourth-order valence-corrected chi connectivity index (χ4v) is 2.93. The van der Waals surface area contributed by atoms with Crippen molar-refractivity contribution in [2.45, 2.75) is 33.2 Å². The SMILES string of the molecule is CCCOc1ccc(C2C(C(N)=O)=C(C)Nc3nnnn32)cc1OCC. The molecule has 2 heterocycles. The predicted molar refractivity (Wildman–Crippen MR) is 94.9 cm³/mol. The van der Waals surface area contributed by atoms with Gasteiger partial charge in [0.15, 0.2) is 11.5 Å². The molecule has 3 N–H and O–H groups in total. The van der Waals surface area contributed by atoms with Crippen LogP contribution in [0.25, 0.3) is 0 Å². The summed E-state index contributed by atoms with van der Waals surface area (Å²) in [4.78, 5) is 12.1. The van der Waals surface area contributed by atoms with Gasteiger partial charge >= 0.3 is 0 Å². The molecule has 0 radical (unpaired) electrons. The summed E-state index contributed by atoms with van der Waals surface area (Å²) in [6.07, 6.45) is 0.892. The molecule has 2 aromatic rings. The van der Waals surface area contributed by atoms with Crippen molar-refractivity contribution in [3.8, 4) is 11.5 Å². The zero-order valence-corrected chi connectivity index (χ0v) is 15.0. The number of ether oxygens (including phenoxy) is 2. The van der Waals surface area contributed by atoms with Gasteiger partial charge in [0.1, 0.15) is 6.04 Å². The van der Waals surface area contributed by atoms with Crippen molar-refractivity contribution in [3.05, 3.63) is 35.0 Å². The summed E-state index contributed by atoms with van der Waals surface area (Å²) in [6.45, 7) is 6.80. The number of anilines is 1. The normalized spacial score (nSPS) is 16.0. The molecule has 3 rings (SSSR count). The van der Waals surface area contributed by atoms with Gasteiger partial charge in [-0.25, -0.2) is 0 Å². The topological polar surface area (TPSA) is 117 Å². The number of primary amides is 1. The quantitative estimate of drug-likeness (QED) is 0.772. The molecule has 1 aromatic heterocycles. The molecule has 1 aliphatic heterocycles. The average Bonchev–Trinajstić information content (AvgIpc) is 3.07. The van der Waals surface area contributed by atoms with Crippen LogP contribution >= 0.6 is 0 Å². The van der Waals surface area contributed by atoms with Crippen LogP contribution in [0.1, 0.15) is 38.8 Å². The Balaban J connectivity index is 2.09. The minimum Gasteiger partial charge on any atom is -0.490 e. The first-order chi connectivity index (χ1) is 12.6. The Labute approximate surface area is 151 Å². The third kappa shape index (κ3) is 3.19. The monoisotopic (exact) mass is 358 g/mol. The second-order valence-electron chi connectivity index (χ2n) is 5.87. The van der Waals surface area contributed by atoms with Crippen molar-refractivity contribution in [1.29, 1.82) is 0 Å². The van der Waals surface area contributed by atoms with E-state index >= 15 is 0 Å². The fraction of sp³-hybridized carbons (Fsp3) is 0.412. The van der Waals surface area contributed by atoms with E-state index in [1.54, 1.807) is 6.92 Å². The van der Waals surface area contributed by atoms with Gasteiger partial charge in [0.25, 0.3) is 0 Å². The lowest BCUT2D eigenvalue weighted by atomic mass is 9.95. The Morgan fingerprint density at radius 3 is 2.81 bits per heavy atom. The van der Waals surface area contributed by atoms with Crippen LogP contribution in [0.5, 0.6) is 11.5 Å². The molecule has 1 unspecified atom stereocenters. The van der Waals surface area contributed by atoms with Gasteiger partial charge in [0.2, 0.25) is 11.9 Å². The van der Waals surface area contributed by atoms with Crippen molar-refractivity contribution in [1.82, 2.24) is 20.2 Å². The number of nitrogens with one attached hydrogen (secondary N) is 1. The Hall–Kier alpha value is -3.10. The molecular weight excluding hydrogens is 336 g/mol. The van der Waals surface area contributed by atoms with Gasteiger partial charge < -0.3 is 20.5 Å². The summed E-state index contributed by atoms with van der Waals surface area (Å²) in [7, 11) is 0.